The average molecular weight is 340 g/mol. The van der Waals surface area contributed by atoms with Crippen molar-refractivity contribution in [2.24, 2.45) is 0 Å². The van der Waals surface area contributed by atoms with Gasteiger partial charge in [-0.3, -0.25) is 4.79 Å². The monoisotopic (exact) mass is 340 g/mol. The number of benzene rings is 2. The van der Waals surface area contributed by atoms with Crippen LogP contribution >= 0.6 is 0 Å². The molecule has 0 spiro atoms. The number of nitrogens with zero attached hydrogens (tertiary/aromatic N) is 1. The molecule has 1 unspecified atom stereocenters. The number of hydrogen-bond donors (Lipinski definition) is 1. The Kier molecular flexibility index (Phi) is 7.33. The minimum absolute atomic E-state index is 0.0662. The summed E-state index contributed by atoms with van der Waals surface area (Å²) < 4.78 is 5.84. The first-order chi connectivity index (χ1) is 12.1. The second kappa shape index (κ2) is 9.72. The van der Waals surface area contributed by atoms with Crippen LogP contribution in [-0.4, -0.2) is 32.1 Å². The van der Waals surface area contributed by atoms with Gasteiger partial charge in [-0.25, -0.2) is 0 Å². The number of nitrogens with one attached hydrogen (secondary N) is 1. The first-order valence-electron chi connectivity index (χ1n) is 8.93. The second-order valence-corrected chi connectivity index (χ2v) is 6.06. The predicted octanol–water partition coefficient (Wildman–Crippen LogP) is 3.66. The summed E-state index contributed by atoms with van der Waals surface area (Å²) in [6, 6.07) is 18.1. The van der Waals surface area contributed by atoms with Gasteiger partial charge in [0.1, 0.15) is 5.75 Å². The molecule has 2 rings (SSSR count). The van der Waals surface area contributed by atoms with Crippen LogP contribution < -0.4 is 15.0 Å². The van der Waals surface area contributed by atoms with E-state index in [1.54, 1.807) is 0 Å². The van der Waals surface area contributed by atoms with Gasteiger partial charge in [-0.2, -0.15) is 0 Å². The maximum absolute atomic E-state index is 12.4. The van der Waals surface area contributed by atoms with Gasteiger partial charge < -0.3 is 15.0 Å². The van der Waals surface area contributed by atoms with E-state index in [2.05, 4.69) is 29.3 Å². The third-order valence-corrected chi connectivity index (χ3v) is 4.22. The number of rotatable bonds is 9. The number of carbonyl (C=O) groups is 1. The summed E-state index contributed by atoms with van der Waals surface area (Å²) in [7, 11) is 2.02. The molecular weight excluding hydrogens is 312 g/mol. The van der Waals surface area contributed by atoms with Gasteiger partial charge in [0, 0.05) is 25.8 Å². The molecule has 0 radical (unpaired) electrons. The van der Waals surface area contributed by atoms with Crippen molar-refractivity contribution in [1.29, 1.82) is 0 Å². The van der Waals surface area contributed by atoms with E-state index in [-0.39, 0.29) is 5.91 Å². The van der Waals surface area contributed by atoms with E-state index < -0.39 is 6.10 Å². The van der Waals surface area contributed by atoms with Gasteiger partial charge in [0.05, 0.1) is 0 Å². The quantitative estimate of drug-likeness (QED) is 0.757. The minimum Gasteiger partial charge on any atom is -0.481 e. The summed E-state index contributed by atoms with van der Waals surface area (Å²) in [5.74, 6) is 0.670. The van der Waals surface area contributed by atoms with Crippen molar-refractivity contribution in [3.63, 3.8) is 0 Å². The van der Waals surface area contributed by atoms with Gasteiger partial charge >= 0.3 is 0 Å². The van der Waals surface area contributed by atoms with Crippen LogP contribution in [0.2, 0.25) is 0 Å². The number of carbonyl (C=O) groups excluding carboxylic acids is 1. The van der Waals surface area contributed by atoms with E-state index in [1.807, 2.05) is 56.4 Å². The van der Waals surface area contributed by atoms with Crippen molar-refractivity contribution in [2.75, 3.05) is 25.0 Å². The highest BCUT2D eigenvalue weighted by molar-refractivity contribution is 5.81. The number of anilines is 1. The SMILES string of the molecule is CCc1ccc(OC(CC)C(=O)NCCN(C)c2ccccc2)cc1. The topological polar surface area (TPSA) is 41.6 Å². The Hall–Kier alpha value is -2.49. The summed E-state index contributed by atoms with van der Waals surface area (Å²) in [6.45, 7) is 5.40. The van der Waals surface area contributed by atoms with E-state index in [0.29, 0.717) is 13.0 Å². The van der Waals surface area contributed by atoms with Crippen molar-refractivity contribution >= 4 is 11.6 Å². The standard InChI is InChI=1S/C21H28N2O2/c1-4-17-11-13-19(14-12-17)25-20(5-2)21(24)22-15-16-23(3)18-9-7-6-8-10-18/h6-14,20H,4-5,15-16H2,1-3H3,(H,22,24). The summed E-state index contributed by atoms with van der Waals surface area (Å²) in [6.07, 6.45) is 1.16. The zero-order chi connectivity index (χ0) is 18.1. The first-order valence-corrected chi connectivity index (χ1v) is 8.93. The molecule has 0 aliphatic carbocycles. The molecule has 0 aliphatic heterocycles. The van der Waals surface area contributed by atoms with Crippen LogP contribution in [0.4, 0.5) is 5.69 Å². The Morgan fingerprint density at radius 3 is 2.36 bits per heavy atom. The summed E-state index contributed by atoms with van der Waals surface area (Å²) in [4.78, 5) is 14.5. The summed E-state index contributed by atoms with van der Waals surface area (Å²) in [5, 5.41) is 2.97. The van der Waals surface area contributed by atoms with E-state index in [1.165, 1.54) is 5.56 Å². The molecule has 2 aromatic rings. The lowest BCUT2D eigenvalue weighted by atomic mass is 10.2. The lowest BCUT2D eigenvalue weighted by Crippen LogP contribution is -2.41. The molecule has 0 fully saturated rings. The number of ether oxygens (including phenoxy) is 1. The summed E-state index contributed by atoms with van der Waals surface area (Å²) in [5.41, 5.74) is 2.39. The van der Waals surface area contributed by atoms with Crippen molar-refractivity contribution in [3.8, 4) is 5.75 Å². The van der Waals surface area contributed by atoms with Crippen LogP contribution in [0, 0.1) is 0 Å². The number of likely N-dealkylation sites (N-methyl/N-ethyl adjacent to an activating group) is 1. The maximum Gasteiger partial charge on any atom is 0.261 e. The average Bonchev–Trinajstić information content (AvgIpc) is 2.67. The van der Waals surface area contributed by atoms with Gasteiger partial charge in [0.15, 0.2) is 6.10 Å². The lowest BCUT2D eigenvalue weighted by Gasteiger charge is -2.21. The van der Waals surface area contributed by atoms with Crippen molar-refractivity contribution in [2.45, 2.75) is 32.8 Å². The van der Waals surface area contributed by atoms with E-state index in [0.717, 1.165) is 24.4 Å². The highest BCUT2D eigenvalue weighted by atomic mass is 16.5. The summed E-state index contributed by atoms with van der Waals surface area (Å²) >= 11 is 0. The van der Waals surface area contributed by atoms with E-state index >= 15 is 0 Å². The molecule has 25 heavy (non-hydrogen) atoms. The molecule has 1 atom stereocenters. The van der Waals surface area contributed by atoms with Crippen LogP contribution in [0.5, 0.6) is 5.75 Å². The molecule has 1 amide bonds. The van der Waals surface area contributed by atoms with Crippen molar-refractivity contribution in [1.82, 2.24) is 5.32 Å². The number of hydrogen-bond acceptors (Lipinski definition) is 3. The minimum atomic E-state index is -0.463. The van der Waals surface area contributed by atoms with E-state index in [9.17, 15) is 4.79 Å². The molecule has 0 saturated carbocycles. The lowest BCUT2D eigenvalue weighted by molar-refractivity contribution is -0.128. The molecule has 134 valence electrons. The predicted molar refractivity (Wildman–Crippen MR) is 103 cm³/mol. The molecule has 0 bridgehead atoms. The van der Waals surface area contributed by atoms with Crippen LogP contribution in [0.25, 0.3) is 0 Å². The molecule has 0 saturated heterocycles. The number of para-hydroxylation sites is 1. The third kappa shape index (κ3) is 5.82. The van der Waals surface area contributed by atoms with Gasteiger partial charge in [-0.1, -0.05) is 44.2 Å². The normalized spacial score (nSPS) is 11.6. The largest absolute Gasteiger partial charge is 0.481 e. The smallest absolute Gasteiger partial charge is 0.261 e. The van der Waals surface area contributed by atoms with Gasteiger partial charge in [0.2, 0.25) is 0 Å². The van der Waals surface area contributed by atoms with Gasteiger partial charge in [0.25, 0.3) is 5.91 Å². The van der Waals surface area contributed by atoms with Gasteiger partial charge in [-0.15, -0.1) is 0 Å². The molecule has 4 nitrogen and oxygen atoms in total. The van der Waals surface area contributed by atoms with E-state index in [4.69, 9.17) is 4.74 Å². The number of aryl methyl sites for hydroxylation is 1. The van der Waals surface area contributed by atoms with Crippen molar-refractivity contribution in [3.05, 3.63) is 60.2 Å². The Bertz CT molecular complexity index is 641. The van der Waals surface area contributed by atoms with Crippen LogP contribution in [0.1, 0.15) is 25.8 Å². The molecule has 4 heteroatoms. The Morgan fingerprint density at radius 1 is 1.08 bits per heavy atom. The highest BCUT2D eigenvalue weighted by Gasteiger charge is 2.18. The maximum atomic E-state index is 12.4. The first kappa shape index (κ1) is 18.8. The van der Waals surface area contributed by atoms with Gasteiger partial charge in [-0.05, 0) is 42.7 Å². The Balaban J connectivity index is 1.81. The highest BCUT2D eigenvalue weighted by Crippen LogP contribution is 2.15. The molecule has 0 aliphatic rings. The Labute approximate surface area is 150 Å². The zero-order valence-electron chi connectivity index (χ0n) is 15.4. The molecule has 2 aromatic carbocycles. The molecular formula is C21H28N2O2. The van der Waals surface area contributed by atoms with Crippen LogP contribution in [0.3, 0.4) is 0 Å². The fourth-order valence-electron chi connectivity index (χ4n) is 2.56. The Morgan fingerprint density at radius 2 is 1.76 bits per heavy atom. The van der Waals surface area contributed by atoms with Crippen molar-refractivity contribution < 1.29 is 9.53 Å². The molecule has 0 heterocycles. The number of amides is 1. The zero-order valence-corrected chi connectivity index (χ0v) is 15.4. The van der Waals surface area contributed by atoms with Crippen LogP contribution in [0.15, 0.2) is 54.6 Å². The fourth-order valence-corrected chi connectivity index (χ4v) is 2.56. The van der Waals surface area contributed by atoms with Crippen LogP contribution in [-0.2, 0) is 11.2 Å². The second-order valence-electron chi connectivity index (χ2n) is 6.06. The molecule has 1 N–H and O–H groups in total. The molecule has 0 aromatic heterocycles. The fraction of sp³-hybridized carbons (Fsp3) is 0.381. The third-order valence-electron chi connectivity index (χ3n) is 4.22.